The molecule has 1 aliphatic rings. The fourth-order valence-electron chi connectivity index (χ4n) is 2.67. The molecule has 1 aromatic rings. The lowest BCUT2D eigenvalue weighted by atomic mass is 10.1. The third-order valence-electron chi connectivity index (χ3n) is 4.09. The van der Waals surface area contributed by atoms with Crippen LogP contribution in [0.4, 0.5) is 4.79 Å². The minimum atomic E-state index is -0.525. The summed E-state index contributed by atoms with van der Waals surface area (Å²) in [5.74, 6) is 1.24. The van der Waals surface area contributed by atoms with Crippen LogP contribution in [0.1, 0.15) is 26.3 Å². The summed E-state index contributed by atoms with van der Waals surface area (Å²) in [6.07, 6.45) is 2.89. The van der Waals surface area contributed by atoms with Gasteiger partial charge in [0.25, 0.3) is 0 Å². The maximum atomic E-state index is 12.5. The number of rotatable bonds is 4. The van der Waals surface area contributed by atoms with Crippen LogP contribution in [0.15, 0.2) is 24.3 Å². The Kier molecular flexibility index (Phi) is 6.71. The lowest BCUT2D eigenvalue weighted by Crippen LogP contribution is -2.51. The molecule has 1 heterocycles. The van der Waals surface area contributed by atoms with Gasteiger partial charge in [0.05, 0.1) is 14.2 Å². The molecule has 2 amide bonds. The molecule has 1 aromatic carbocycles. The molecule has 0 atom stereocenters. The van der Waals surface area contributed by atoms with Gasteiger partial charge in [-0.15, -0.1) is 0 Å². The highest BCUT2D eigenvalue weighted by molar-refractivity contribution is 5.92. The molecule has 0 saturated carbocycles. The fraction of sp³-hybridized carbons (Fsp3) is 0.500. The number of carbonyl (C=O) groups excluding carboxylic acids is 2. The Labute approximate surface area is 160 Å². The molecule has 0 aromatic heterocycles. The van der Waals surface area contributed by atoms with Gasteiger partial charge in [0, 0.05) is 37.8 Å². The van der Waals surface area contributed by atoms with Gasteiger partial charge in [-0.1, -0.05) is 0 Å². The zero-order valence-corrected chi connectivity index (χ0v) is 16.7. The van der Waals surface area contributed by atoms with E-state index in [0.717, 1.165) is 5.56 Å². The normalized spacial score (nSPS) is 15.0. The van der Waals surface area contributed by atoms with Crippen LogP contribution in [0.25, 0.3) is 6.08 Å². The molecular formula is C20H28N2O5. The number of benzene rings is 1. The molecule has 1 saturated heterocycles. The monoisotopic (exact) mass is 376 g/mol. The van der Waals surface area contributed by atoms with E-state index in [2.05, 4.69) is 0 Å². The van der Waals surface area contributed by atoms with Gasteiger partial charge in [0.1, 0.15) is 17.1 Å². The van der Waals surface area contributed by atoms with Crippen molar-refractivity contribution in [2.24, 2.45) is 0 Å². The molecule has 0 radical (unpaired) electrons. The van der Waals surface area contributed by atoms with Gasteiger partial charge >= 0.3 is 6.09 Å². The number of ether oxygens (including phenoxy) is 3. The Bertz CT molecular complexity index is 701. The van der Waals surface area contributed by atoms with Crippen molar-refractivity contribution >= 4 is 18.1 Å². The van der Waals surface area contributed by atoms with Gasteiger partial charge in [-0.3, -0.25) is 4.79 Å². The van der Waals surface area contributed by atoms with Gasteiger partial charge in [-0.05, 0) is 45.0 Å². The highest BCUT2D eigenvalue weighted by Gasteiger charge is 2.26. The molecule has 0 N–H and O–H groups in total. The van der Waals surface area contributed by atoms with Crippen LogP contribution < -0.4 is 9.47 Å². The van der Waals surface area contributed by atoms with E-state index in [1.807, 2.05) is 26.8 Å². The minimum Gasteiger partial charge on any atom is -0.497 e. The lowest BCUT2D eigenvalue weighted by molar-refractivity contribution is -0.127. The fourth-order valence-corrected chi connectivity index (χ4v) is 2.67. The minimum absolute atomic E-state index is 0.108. The van der Waals surface area contributed by atoms with Crippen LogP contribution in [0.3, 0.4) is 0 Å². The number of nitrogens with zero attached hydrogens (tertiary/aromatic N) is 2. The number of carbonyl (C=O) groups is 2. The maximum absolute atomic E-state index is 12.5. The van der Waals surface area contributed by atoms with Crippen molar-refractivity contribution in [1.29, 1.82) is 0 Å². The SMILES string of the molecule is COc1ccc(OC)c(/C=C/C(=O)N2CCN(C(=O)OC(C)(C)C)CC2)c1. The molecule has 7 nitrogen and oxygen atoms in total. The predicted molar refractivity (Wildman–Crippen MR) is 103 cm³/mol. The molecule has 0 aliphatic carbocycles. The molecule has 1 aliphatic heterocycles. The first-order valence-electron chi connectivity index (χ1n) is 8.90. The summed E-state index contributed by atoms with van der Waals surface area (Å²) in [6.45, 7) is 7.36. The van der Waals surface area contributed by atoms with E-state index >= 15 is 0 Å². The summed E-state index contributed by atoms with van der Waals surface area (Å²) in [6, 6.07) is 5.40. The molecule has 2 rings (SSSR count). The average Bonchev–Trinajstić information content (AvgIpc) is 2.64. The smallest absolute Gasteiger partial charge is 0.410 e. The molecule has 0 bridgehead atoms. The molecule has 148 valence electrons. The molecule has 0 spiro atoms. The van der Waals surface area contributed by atoms with Crippen molar-refractivity contribution in [3.8, 4) is 11.5 Å². The van der Waals surface area contributed by atoms with Crippen molar-refractivity contribution in [2.45, 2.75) is 26.4 Å². The van der Waals surface area contributed by atoms with Gasteiger partial charge in [0.15, 0.2) is 0 Å². The van der Waals surface area contributed by atoms with Crippen LogP contribution in [0, 0.1) is 0 Å². The quantitative estimate of drug-likeness (QED) is 0.756. The Morgan fingerprint density at radius 1 is 1.00 bits per heavy atom. The average molecular weight is 376 g/mol. The van der Waals surface area contributed by atoms with Crippen LogP contribution in [-0.4, -0.2) is 67.8 Å². The number of hydrogen-bond acceptors (Lipinski definition) is 5. The van der Waals surface area contributed by atoms with Crippen molar-refractivity contribution in [3.63, 3.8) is 0 Å². The third-order valence-corrected chi connectivity index (χ3v) is 4.09. The molecule has 1 fully saturated rings. The lowest BCUT2D eigenvalue weighted by Gasteiger charge is -2.35. The number of methoxy groups -OCH3 is 2. The Morgan fingerprint density at radius 3 is 2.19 bits per heavy atom. The van der Waals surface area contributed by atoms with Gasteiger partial charge < -0.3 is 24.0 Å². The first-order chi connectivity index (χ1) is 12.7. The summed E-state index contributed by atoms with van der Waals surface area (Å²) in [4.78, 5) is 27.9. The summed E-state index contributed by atoms with van der Waals surface area (Å²) in [5, 5.41) is 0. The Hall–Kier alpha value is -2.70. The molecule has 27 heavy (non-hydrogen) atoms. The topological polar surface area (TPSA) is 68.3 Å². The van der Waals surface area contributed by atoms with Gasteiger partial charge in [-0.2, -0.15) is 0 Å². The van der Waals surface area contributed by atoms with E-state index in [0.29, 0.717) is 37.7 Å². The van der Waals surface area contributed by atoms with Crippen LogP contribution in [0.2, 0.25) is 0 Å². The highest BCUT2D eigenvalue weighted by atomic mass is 16.6. The van der Waals surface area contributed by atoms with E-state index in [9.17, 15) is 9.59 Å². The number of piperazine rings is 1. The number of hydrogen-bond donors (Lipinski definition) is 0. The first-order valence-corrected chi connectivity index (χ1v) is 8.90. The van der Waals surface area contributed by atoms with Gasteiger partial charge in [-0.25, -0.2) is 4.79 Å². The van der Waals surface area contributed by atoms with E-state index in [1.165, 1.54) is 6.08 Å². The van der Waals surface area contributed by atoms with Gasteiger partial charge in [0.2, 0.25) is 5.91 Å². The second-order valence-corrected chi connectivity index (χ2v) is 7.23. The summed E-state index contributed by atoms with van der Waals surface area (Å²) in [7, 11) is 3.17. The second kappa shape index (κ2) is 8.79. The summed E-state index contributed by atoms with van der Waals surface area (Å²) in [5.41, 5.74) is 0.236. The Balaban J connectivity index is 1.95. The number of amides is 2. The first kappa shape index (κ1) is 20.6. The van der Waals surface area contributed by atoms with E-state index < -0.39 is 5.60 Å². The summed E-state index contributed by atoms with van der Waals surface area (Å²) >= 11 is 0. The van der Waals surface area contributed by atoms with Crippen molar-refractivity contribution in [3.05, 3.63) is 29.8 Å². The largest absolute Gasteiger partial charge is 0.497 e. The second-order valence-electron chi connectivity index (χ2n) is 7.23. The van der Waals surface area contributed by atoms with E-state index in [4.69, 9.17) is 14.2 Å². The van der Waals surface area contributed by atoms with Crippen molar-refractivity contribution in [2.75, 3.05) is 40.4 Å². The van der Waals surface area contributed by atoms with Crippen LogP contribution in [-0.2, 0) is 9.53 Å². The van der Waals surface area contributed by atoms with Crippen molar-refractivity contribution in [1.82, 2.24) is 9.80 Å². The molecule has 7 heteroatoms. The zero-order valence-electron chi connectivity index (χ0n) is 16.7. The maximum Gasteiger partial charge on any atom is 0.410 e. The Morgan fingerprint density at radius 2 is 1.63 bits per heavy atom. The molecule has 0 unspecified atom stereocenters. The van der Waals surface area contributed by atoms with Crippen LogP contribution in [0.5, 0.6) is 11.5 Å². The van der Waals surface area contributed by atoms with Crippen LogP contribution >= 0.6 is 0 Å². The molecular weight excluding hydrogens is 348 g/mol. The predicted octanol–water partition coefficient (Wildman–Crippen LogP) is 2.80. The third kappa shape index (κ3) is 5.91. The van der Waals surface area contributed by atoms with Crippen molar-refractivity contribution < 1.29 is 23.8 Å². The zero-order chi connectivity index (χ0) is 20.0. The highest BCUT2D eigenvalue weighted by Crippen LogP contribution is 2.25. The van der Waals surface area contributed by atoms with E-state index in [1.54, 1.807) is 42.2 Å². The summed E-state index contributed by atoms with van der Waals surface area (Å²) < 4.78 is 15.9. The van der Waals surface area contributed by atoms with E-state index in [-0.39, 0.29) is 12.0 Å². The standard InChI is InChI=1S/C20H28N2O5/c1-20(2,3)27-19(24)22-12-10-21(11-13-22)18(23)9-6-15-14-16(25-4)7-8-17(15)26-5/h6-9,14H,10-13H2,1-5H3/b9-6+.